The van der Waals surface area contributed by atoms with Gasteiger partial charge in [-0.25, -0.2) is 15.0 Å². The van der Waals surface area contributed by atoms with Crippen molar-refractivity contribution in [2.45, 2.75) is 62.7 Å². The second kappa shape index (κ2) is 13.3. The third-order valence-corrected chi connectivity index (χ3v) is 14.4. The molecule has 0 unspecified atom stereocenters. The number of benzene rings is 7. The van der Waals surface area contributed by atoms with Crippen LogP contribution in [0, 0.1) is 11.8 Å². The number of hydrogen-bond donors (Lipinski definition) is 0. The van der Waals surface area contributed by atoms with Crippen LogP contribution in [0.2, 0.25) is 0 Å². The minimum atomic E-state index is -0.500. The summed E-state index contributed by atoms with van der Waals surface area (Å²) in [5.74, 6) is 5.80. The van der Waals surface area contributed by atoms with Gasteiger partial charge in [0.05, 0.1) is 5.41 Å². The molecule has 4 heteroatoms. The Labute approximate surface area is 346 Å². The van der Waals surface area contributed by atoms with Crippen molar-refractivity contribution in [3.8, 4) is 56.5 Å². The van der Waals surface area contributed by atoms with Crippen molar-refractivity contribution < 1.29 is 4.74 Å². The van der Waals surface area contributed by atoms with Crippen LogP contribution in [-0.2, 0) is 10.8 Å². The molecule has 1 aliphatic heterocycles. The first-order valence-corrected chi connectivity index (χ1v) is 21.6. The van der Waals surface area contributed by atoms with E-state index in [9.17, 15) is 0 Å². The maximum Gasteiger partial charge on any atom is 0.163 e. The first-order valence-electron chi connectivity index (χ1n) is 21.6. The Morgan fingerprint density at radius 2 is 1.02 bits per heavy atom. The summed E-state index contributed by atoms with van der Waals surface area (Å²) in [6.45, 7) is 2.35. The van der Waals surface area contributed by atoms with E-state index in [-0.39, 0.29) is 5.41 Å². The molecule has 7 aromatic carbocycles. The molecule has 13 rings (SSSR count). The molecule has 0 N–H and O–H groups in total. The highest BCUT2D eigenvalue weighted by Gasteiger charge is 2.51. The largest absolute Gasteiger partial charge is 0.457 e. The standard InChI is InChI=1S/C55H45N3O/c1-2-54(33-35-19-20-36(34-54)22-21-35)53-57-51(56-52(58-53)42-28-25-37-11-3-4-12-40(37)31-42)39-26-23-38(24-27-39)41-29-30-50-48(32-41)55(47-17-9-10-18-49(47)59-50)45-15-7-5-13-43(45)44-14-6-8-16-46(44)55/h3-18,23-32,35-36H,2,19-22,33-34H2,1H3. The maximum absolute atomic E-state index is 6.71. The Morgan fingerprint density at radius 3 is 1.71 bits per heavy atom. The number of rotatable bonds is 5. The molecule has 4 aliphatic carbocycles. The molecule has 2 bridgehead atoms. The molecular weight excluding hydrogens is 719 g/mol. The van der Waals surface area contributed by atoms with Gasteiger partial charge in [0, 0.05) is 27.7 Å². The second-order valence-corrected chi connectivity index (χ2v) is 17.5. The molecule has 0 saturated heterocycles. The summed E-state index contributed by atoms with van der Waals surface area (Å²) in [4.78, 5) is 16.1. The van der Waals surface area contributed by atoms with Gasteiger partial charge in [0.25, 0.3) is 0 Å². The number of nitrogens with zero attached hydrogens (tertiary/aromatic N) is 3. The zero-order valence-corrected chi connectivity index (χ0v) is 33.4. The second-order valence-electron chi connectivity index (χ2n) is 17.5. The van der Waals surface area contributed by atoms with Gasteiger partial charge in [0.2, 0.25) is 0 Å². The van der Waals surface area contributed by atoms with Crippen molar-refractivity contribution in [2.75, 3.05) is 0 Å². The maximum atomic E-state index is 6.71. The summed E-state index contributed by atoms with van der Waals surface area (Å²) < 4.78 is 6.71. The molecule has 59 heavy (non-hydrogen) atoms. The van der Waals surface area contributed by atoms with Crippen LogP contribution in [0.3, 0.4) is 0 Å². The van der Waals surface area contributed by atoms with Crippen LogP contribution in [0.4, 0.5) is 0 Å². The van der Waals surface area contributed by atoms with Crippen molar-refractivity contribution >= 4 is 10.8 Å². The normalized spacial score (nSPS) is 20.6. The van der Waals surface area contributed by atoms with Crippen molar-refractivity contribution in [2.24, 2.45) is 11.8 Å². The Bertz CT molecular complexity index is 2880. The van der Waals surface area contributed by atoms with E-state index in [0.29, 0.717) is 0 Å². The van der Waals surface area contributed by atoms with Gasteiger partial charge in [0.1, 0.15) is 17.3 Å². The Kier molecular flexibility index (Phi) is 7.82. The lowest BCUT2D eigenvalue weighted by atomic mass is 9.66. The fourth-order valence-electron chi connectivity index (χ4n) is 11.5. The van der Waals surface area contributed by atoms with Crippen LogP contribution in [0.5, 0.6) is 11.5 Å². The summed E-state index contributed by atoms with van der Waals surface area (Å²) in [6.07, 6.45) is 8.73. The molecule has 3 fully saturated rings. The molecule has 286 valence electrons. The highest BCUT2D eigenvalue weighted by Crippen LogP contribution is 2.62. The molecule has 0 amide bonds. The van der Waals surface area contributed by atoms with Gasteiger partial charge in [-0.05, 0) is 99.5 Å². The summed E-state index contributed by atoms with van der Waals surface area (Å²) >= 11 is 0. The van der Waals surface area contributed by atoms with Crippen molar-refractivity contribution in [1.82, 2.24) is 15.0 Å². The number of aromatic nitrogens is 3. The lowest BCUT2D eigenvalue weighted by Crippen LogP contribution is -2.32. The molecular formula is C55H45N3O. The minimum absolute atomic E-state index is 0.0389. The summed E-state index contributed by atoms with van der Waals surface area (Å²) in [5.41, 5.74) is 11.3. The molecule has 1 spiro atoms. The highest BCUT2D eigenvalue weighted by molar-refractivity contribution is 5.89. The monoisotopic (exact) mass is 763 g/mol. The Balaban J connectivity index is 0.981. The molecule has 3 saturated carbocycles. The van der Waals surface area contributed by atoms with E-state index >= 15 is 0 Å². The topological polar surface area (TPSA) is 47.9 Å². The lowest BCUT2D eigenvalue weighted by molar-refractivity contribution is 0.297. The molecule has 0 atom stereocenters. The smallest absolute Gasteiger partial charge is 0.163 e. The van der Waals surface area contributed by atoms with E-state index in [0.717, 1.165) is 69.5 Å². The molecule has 8 aromatic rings. The fourth-order valence-corrected chi connectivity index (χ4v) is 11.5. The van der Waals surface area contributed by atoms with Gasteiger partial charge >= 0.3 is 0 Å². The van der Waals surface area contributed by atoms with Crippen molar-refractivity contribution in [1.29, 1.82) is 0 Å². The predicted octanol–water partition coefficient (Wildman–Crippen LogP) is 13.7. The quantitative estimate of drug-likeness (QED) is 0.175. The number of hydrogen-bond acceptors (Lipinski definition) is 4. The Hall–Kier alpha value is -6.39. The van der Waals surface area contributed by atoms with Crippen LogP contribution >= 0.6 is 0 Å². The molecule has 4 nitrogen and oxygen atoms in total. The van der Waals surface area contributed by atoms with Gasteiger partial charge in [-0.3, -0.25) is 0 Å². The van der Waals surface area contributed by atoms with Crippen LogP contribution in [0.15, 0.2) is 158 Å². The molecule has 0 radical (unpaired) electrons. The van der Waals surface area contributed by atoms with E-state index in [1.807, 2.05) is 0 Å². The zero-order chi connectivity index (χ0) is 39.1. The van der Waals surface area contributed by atoms with Gasteiger partial charge in [-0.2, -0.15) is 0 Å². The van der Waals surface area contributed by atoms with Gasteiger partial charge < -0.3 is 4.74 Å². The van der Waals surface area contributed by atoms with Crippen LogP contribution in [0.1, 0.15) is 79.9 Å². The van der Waals surface area contributed by atoms with E-state index in [2.05, 4.69) is 165 Å². The first kappa shape index (κ1) is 34.6. The third-order valence-electron chi connectivity index (χ3n) is 14.4. The van der Waals surface area contributed by atoms with Crippen LogP contribution < -0.4 is 4.74 Å². The van der Waals surface area contributed by atoms with Gasteiger partial charge in [-0.1, -0.05) is 166 Å². The lowest BCUT2D eigenvalue weighted by Gasteiger charge is -2.39. The Morgan fingerprint density at radius 1 is 0.475 bits per heavy atom. The average molecular weight is 764 g/mol. The van der Waals surface area contributed by atoms with Gasteiger partial charge in [-0.15, -0.1) is 0 Å². The first-order chi connectivity index (χ1) is 29.1. The number of fused-ring (bicyclic) bond motifs is 14. The summed E-state index contributed by atoms with van der Waals surface area (Å²) in [6, 6.07) is 57.1. The van der Waals surface area contributed by atoms with Gasteiger partial charge in [0.15, 0.2) is 11.6 Å². The highest BCUT2D eigenvalue weighted by atomic mass is 16.5. The van der Waals surface area contributed by atoms with E-state index in [1.165, 1.54) is 82.7 Å². The zero-order valence-electron chi connectivity index (χ0n) is 33.4. The number of para-hydroxylation sites is 1. The molecule has 5 aliphatic rings. The summed E-state index contributed by atoms with van der Waals surface area (Å²) in [7, 11) is 0. The fraction of sp³-hybridized carbons (Fsp3) is 0.218. The van der Waals surface area contributed by atoms with Crippen molar-refractivity contribution in [3.05, 3.63) is 186 Å². The SMILES string of the molecule is CCC1(c2nc(-c3ccc(-c4ccc5c(c4)C4(c6ccccc6O5)c5ccccc5-c5ccccc54)cc3)nc(-c3ccc4ccccc4c3)n2)CC2CCC(CC2)C1. The minimum Gasteiger partial charge on any atom is -0.457 e. The third kappa shape index (κ3) is 5.31. The van der Waals surface area contributed by atoms with Crippen molar-refractivity contribution in [3.63, 3.8) is 0 Å². The van der Waals surface area contributed by atoms with Crippen LogP contribution in [-0.4, -0.2) is 15.0 Å². The molecule has 2 heterocycles. The average Bonchev–Trinajstić information content (AvgIpc) is 3.40. The molecule has 1 aromatic heterocycles. The van der Waals surface area contributed by atoms with E-state index in [4.69, 9.17) is 19.7 Å². The number of ether oxygens (including phenoxy) is 1. The van der Waals surface area contributed by atoms with E-state index < -0.39 is 5.41 Å². The van der Waals surface area contributed by atoms with E-state index in [1.54, 1.807) is 0 Å². The summed E-state index contributed by atoms with van der Waals surface area (Å²) in [5, 5.41) is 2.41. The predicted molar refractivity (Wildman–Crippen MR) is 238 cm³/mol. The van der Waals surface area contributed by atoms with Crippen LogP contribution in [0.25, 0.3) is 55.8 Å².